The van der Waals surface area contributed by atoms with Crippen molar-refractivity contribution < 1.29 is 0 Å². The Morgan fingerprint density at radius 1 is 1.75 bits per heavy atom. The number of aryl methyl sites for hydroxylation is 2. The van der Waals surface area contributed by atoms with Crippen LogP contribution in [0.25, 0.3) is 0 Å². The summed E-state index contributed by atoms with van der Waals surface area (Å²) < 4.78 is 1.92. The number of nitrogens with zero attached hydrogens (tertiary/aromatic N) is 2. The van der Waals surface area contributed by atoms with Gasteiger partial charge in [0.05, 0.1) is 5.84 Å². The van der Waals surface area contributed by atoms with Gasteiger partial charge in [0, 0.05) is 24.9 Å². The van der Waals surface area contributed by atoms with Gasteiger partial charge in [-0.2, -0.15) is 5.10 Å². The van der Waals surface area contributed by atoms with Gasteiger partial charge in [0.1, 0.15) is 0 Å². The molecule has 0 bridgehead atoms. The van der Waals surface area contributed by atoms with Crippen LogP contribution in [0.5, 0.6) is 0 Å². The lowest BCUT2D eigenvalue weighted by molar-refractivity contribution is 0.574. The van der Waals surface area contributed by atoms with Crippen LogP contribution >= 0.6 is 0 Å². The quantitative estimate of drug-likeness (QED) is 0.515. The summed E-state index contributed by atoms with van der Waals surface area (Å²) >= 11 is 0. The van der Waals surface area contributed by atoms with Crippen molar-refractivity contribution >= 4 is 5.84 Å². The maximum Gasteiger partial charge on any atom is 0.0905 e. The Hall–Kier alpha value is -1.32. The fourth-order valence-electron chi connectivity index (χ4n) is 1.05. The summed E-state index contributed by atoms with van der Waals surface area (Å²) in [5.74, 6) is 0.250. The number of aromatic nitrogens is 2. The Kier molecular flexibility index (Phi) is 2.85. The second kappa shape index (κ2) is 3.90. The van der Waals surface area contributed by atoms with Crippen molar-refractivity contribution in [1.29, 1.82) is 5.41 Å². The minimum Gasteiger partial charge on any atom is -0.388 e. The maximum absolute atomic E-state index is 7.02. The van der Waals surface area contributed by atoms with Crippen molar-refractivity contribution in [2.75, 3.05) is 0 Å². The first kappa shape index (κ1) is 8.77. The molecule has 0 atom stereocenters. The maximum atomic E-state index is 7.02. The van der Waals surface area contributed by atoms with Crippen LogP contribution in [-0.4, -0.2) is 15.6 Å². The van der Waals surface area contributed by atoms with Gasteiger partial charge in [-0.25, -0.2) is 0 Å². The molecule has 0 aliphatic rings. The van der Waals surface area contributed by atoms with Crippen LogP contribution < -0.4 is 5.73 Å². The zero-order valence-electron chi connectivity index (χ0n) is 7.25. The Balaban J connectivity index is 2.33. The molecule has 1 aromatic heterocycles. The summed E-state index contributed by atoms with van der Waals surface area (Å²) in [7, 11) is 0. The van der Waals surface area contributed by atoms with Gasteiger partial charge in [-0.3, -0.25) is 10.1 Å². The van der Waals surface area contributed by atoms with Crippen LogP contribution in [0.1, 0.15) is 18.5 Å². The Bertz CT molecular complexity index is 264. The lowest BCUT2D eigenvalue weighted by Crippen LogP contribution is -2.11. The van der Waals surface area contributed by atoms with Crippen LogP contribution in [0.4, 0.5) is 0 Å². The average molecular weight is 166 g/mol. The highest BCUT2D eigenvalue weighted by Crippen LogP contribution is 1.99. The van der Waals surface area contributed by atoms with Crippen molar-refractivity contribution in [1.82, 2.24) is 9.78 Å². The molecule has 0 fully saturated rings. The van der Waals surface area contributed by atoms with Crippen molar-refractivity contribution in [2.24, 2.45) is 5.73 Å². The first-order valence-corrected chi connectivity index (χ1v) is 4.01. The number of hydrogen-bond acceptors (Lipinski definition) is 2. The summed E-state index contributed by atoms with van der Waals surface area (Å²) in [5, 5.41) is 11.1. The van der Waals surface area contributed by atoms with Gasteiger partial charge in [-0.15, -0.1) is 0 Å². The van der Waals surface area contributed by atoms with E-state index in [9.17, 15) is 0 Å². The minimum atomic E-state index is 0.250. The second-order valence-electron chi connectivity index (χ2n) is 2.82. The van der Waals surface area contributed by atoms with E-state index in [1.165, 1.54) is 0 Å². The van der Waals surface area contributed by atoms with E-state index in [2.05, 4.69) is 5.10 Å². The molecule has 0 saturated heterocycles. The Labute approximate surface area is 71.9 Å². The van der Waals surface area contributed by atoms with E-state index in [-0.39, 0.29) is 5.84 Å². The van der Waals surface area contributed by atoms with Crippen molar-refractivity contribution in [3.8, 4) is 0 Å². The van der Waals surface area contributed by atoms with Crippen LogP contribution in [0, 0.1) is 12.3 Å². The highest BCUT2D eigenvalue weighted by atomic mass is 15.3. The predicted octanol–water partition coefficient (Wildman–Crippen LogP) is 0.908. The largest absolute Gasteiger partial charge is 0.388 e. The van der Waals surface area contributed by atoms with Gasteiger partial charge < -0.3 is 5.73 Å². The SMILES string of the molecule is Cc1ccnn1CCCC(=N)N. The van der Waals surface area contributed by atoms with E-state index in [0.717, 1.165) is 18.7 Å². The molecule has 0 amide bonds. The fourth-order valence-corrected chi connectivity index (χ4v) is 1.05. The van der Waals surface area contributed by atoms with Crippen molar-refractivity contribution in [2.45, 2.75) is 26.3 Å². The molecule has 0 aliphatic carbocycles. The van der Waals surface area contributed by atoms with Gasteiger partial charge >= 0.3 is 0 Å². The molecule has 0 spiro atoms. The molecule has 1 aromatic rings. The monoisotopic (exact) mass is 166 g/mol. The number of nitrogens with one attached hydrogen (secondary N) is 1. The van der Waals surface area contributed by atoms with Crippen molar-refractivity contribution in [3.63, 3.8) is 0 Å². The molecule has 0 radical (unpaired) electrons. The predicted molar refractivity (Wildman–Crippen MR) is 48.1 cm³/mol. The summed E-state index contributed by atoms with van der Waals surface area (Å²) in [6.07, 6.45) is 3.32. The van der Waals surface area contributed by atoms with E-state index >= 15 is 0 Å². The number of nitrogens with two attached hydrogens (primary N) is 1. The molecule has 0 unspecified atom stereocenters. The normalized spacial score (nSPS) is 10.1. The van der Waals surface area contributed by atoms with Crippen LogP contribution in [0.15, 0.2) is 12.3 Å². The molecule has 3 N–H and O–H groups in total. The summed E-state index contributed by atoms with van der Waals surface area (Å²) in [6, 6.07) is 1.97. The third kappa shape index (κ3) is 2.38. The standard InChI is InChI=1S/C8H14N4/c1-7-4-5-11-12(7)6-2-3-8(9)10/h4-5H,2-3,6H2,1H3,(H3,9,10). The molecule has 1 heterocycles. The van der Waals surface area contributed by atoms with Crippen LogP contribution in [0.3, 0.4) is 0 Å². The Morgan fingerprint density at radius 3 is 3.00 bits per heavy atom. The lowest BCUT2D eigenvalue weighted by atomic mass is 10.3. The number of rotatable bonds is 4. The molecule has 66 valence electrons. The minimum absolute atomic E-state index is 0.250. The van der Waals surface area contributed by atoms with E-state index in [0.29, 0.717) is 6.42 Å². The molecular weight excluding hydrogens is 152 g/mol. The highest BCUT2D eigenvalue weighted by molar-refractivity contribution is 5.76. The number of hydrogen-bond donors (Lipinski definition) is 2. The van der Waals surface area contributed by atoms with E-state index in [4.69, 9.17) is 11.1 Å². The zero-order chi connectivity index (χ0) is 8.97. The number of amidine groups is 1. The van der Waals surface area contributed by atoms with Gasteiger partial charge in [-0.05, 0) is 19.4 Å². The molecule has 1 rings (SSSR count). The summed E-state index contributed by atoms with van der Waals surface area (Å²) in [4.78, 5) is 0. The van der Waals surface area contributed by atoms with Crippen LogP contribution in [0.2, 0.25) is 0 Å². The van der Waals surface area contributed by atoms with Gasteiger partial charge in [0.2, 0.25) is 0 Å². The Morgan fingerprint density at radius 2 is 2.50 bits per heavy atom. The van der Waals surface area contributed by atoms with E-state index in [1.54, 1.807) is 6.20 Å². The third-order valence-corrected chi connectivity index (χ3v) is 1.74. The summed E-state index contributed by atoms with van der Waals surface area (Å²) in [6.45, 7) is 2.86. The van der Waals surface area contributed by atoms with Crippen molar-refractivity contribution in [3.05, 3.63) is 18.0 Å². The highest BCUT2D eigenvalue weighted by Gasteiger charge is 1.96. The van der Waals surface area contributed by atoms with Gasteiger partial charge in [-0.1, -0.05) is 0 Å². The van der Waals surface area contributed by atoms with Gasteiger partial charge in [0.15, 0.2) is 0 Å². The topological polar surface area (TPSA) is 67.7 Å². The van der Waals surface area contributed by atoms with E-state index in [1.807, 2.05) is 17.7 Å². The fraction of sp³-hybridized carbons (Fsp3) is 0.500. The second-order valence-corrected chi connectivity index (χ2v) is 2.82. The van der Waals surface area contributed by atoms with Crippen LogP contribution in [-0.2, 0) is 6.54 Å². The molecule has 0 saturated carbocycles. The third-order valence-electron chi connectivity index (χ3n) is 1.74. The average Bonchev–Trinajstić information content (AvgIpc) is 2.36. The summed E-state index contributed by atoms with van der Waals surface area (Å²) in [5.41, 5.74) is 6.38. The lowest BCUT2D eigenvalue weighted by Gasteiger charge is -2.02. The molecule has 12 heavy (non-hydrogen) atoms. The molecule has 0 aromatic carbocycles. The smallest absolute Gasteiger partial charge is 0.0905 e. The van der Waals surface area contributed by atoms with E-state index < -0.39 is 0 Å². The molecule has 4 nitrogen and oxygen atoms in total. The zero-order valence-corrected chi connectivity index (χ0v) is 7.25. The first-order valence-electron chi connectivity index (χ1n) is 4.01. The molecule has 4 heteroatoms. The first-order chi connectivity index (χ1) is 5.70. The van der Waals surface area contributed by atoms with Gasteiger partial charge in [0.25, 0.3) is 0 Å². The molecular formula is C8H14N4. The molecule has 0 aliphatic heterocycles.